The molecule has 6 heteroatoms. The van der Waals surface area contributed by atoms with Gasteiger partial charge < -0.3 is 4.74 Å². The summed E-state index contributed by atoms with van der Waals surface area (Å²) >= 11 is 0. The topological polar surface area (TPSA) is 63.7 Å². The number of benzene rings is 2. The molecule has 0 aliphatic carbocycles. The fourth-order valence-corrected chi connectivity index (χ4v) is 5.19. The Morgan fingerprint density at radius 1 is 1.03 bits per heavy atom. The Kier molecular flexibility index (Phi) is 5.82. The molecule has 0 atom stereocenters. The highest BCUT2D eigenvalue weighted by Gasteiger charge is 2.38. The van der Waals surface area contributed by atoms with Crippen LogP contribution in [-0.4, -0.2) is 25.7 Å². The molecule has 0 saturated heterocycles. The maximum Gasteiger partial charge on any atom is 0.415 e. The number of amides is 1. The second kappa shape index (κ2) is 7.83. The standard InChI is InChI=1S/C25H31NO4S/c1-17-8-11-20(12-9-17)31(28,29)16-19-10-13-22-21(14-19)18(2)15-25(6,7)26(22)23(27)30-24(3,4)5/h8-15H,16H2,1-7H3. The molecule has 0 radical (unpaired) electrons. The van der Waals surface area contributed by atoms with E-state index in [-0.39, 0.29) is 5.75 Å². The van der Waals surface area contributed by atoms with Crippen molar-refractivity contribution in [1.29, 1.82) is 0 Å². The van der Waals surface area contributed by atoms with E-state index in [4.69, 9.17) is 4.74 Å². The molecule has 31 heavy (non-hydrogen) atoms. The molecule has 0 saturated carbocycles. The average molecular weight is 442 g/mol. The number of rotatable bonds is 3. The van der Waals surface area contributed by atoms with Gasteiger partial charge in [-0.3, -0.25) is 4.90 Å². The van der Waals surface area contributed by atoms with Crippen LogP contribution in [0.25, 0.3) is 5.57 Å². The van der Waals surface area contributed by atoms with Gasteiger partial charge in [-0.05, 0) is 83.9 Å². The summed E-state index contributed by atoms with van der Waals surface area (Å²) in [4.78, 5) is 14.9. The smallest absolute Gasteiger partial charge is 0.415 e. The molecule has 1 aliphatic rings. The van der Waals surface area contributed by atoms with Crippen LogP contribution >= 0.6 is 0 Å². The van der Waals surface area contributed by atoms with Gasteiger partial charge in [-0.2, -0.15) is 0 Å². The number of hydrogen-bond acceptors (Lipinski definition) is 4. The summed E-state index contributed by atoms with van der Waals surface area (Å²) in [5, 5.41) is 0. The largest absolute Gasteiger partial charge is 0.443 e. The second-order valence-corrected chi connectivity index (χ2v) is 11.7. The summed E-state index contributed by atoms with van der Waals surface area (Å²) in [6.45, 7) is 13.3. The Labute approximate surface area is 185 Å². The van der Waals surface area contributed by atoms with Gasteiger partial charge in [0.15, 0.2) is 9.84 Å². The van der Waals surface area contributed by atoms with Crippen LogP contribution in [0.2, 0.25) is 0 Å². The van der Waals surface area contributed by atoms with Crippen molar-refractivity contribution in [3.8, 4) is 0 Å². The monoisotopic (exact) mass is 441 g/mol. The van der Waals surface area contributed by atoms with E-state index in [0.29, 0.717) is 10.5 Å². The summed E-state index contributed by atoms with van der Waals surface area (Å²) in [7, 11) is -3.48. The SMILES string of the molecule is CC1=CC(C)(C)N(C(=O)OC(C)(C)C)c2ccc(CS(=O)(=O)c3ccc(C)cc3)cc21. The molecule has 1 amide bonds. The summed E-state index contributed by atoms with van der Waals surface area (Å²) < 4.78 is 31.4. The molecule has 1 aliphatic heterocycles. The first-order valence-corrected chi connectivity index (χ1v) is 12.0. The van der Waals surface area contributed by atoms with Crippen LogP contribution in [-0.2, 0) is 20.3 Å². The second-order valence-electron chi connectivity index (χ2n) is 9.72. The number of ether oxygens (including phenoxy) is 1. The molecular weight excluding hydrogens is 410 g/mol. The molecule has 166 valence electrons. The van der Waals surface area contributed by atoms with Crippen LogP contribution in [0.5, 0.6) is 0 Å². The minimum Gasteiger partial charge on any atom is -0.443 e. The Morgan fingerprint density at radius 2 is 1.65 bits per heavy atom. The molecule has 0 spiro atoms. The van der Waals surface area contributed by atoms with E-state index >= 15 is 0 Å². The molecule has 5 nitrogen and oxygen atoms in total. The van der Waals surface area contributed by atoms with Crippen molar-refractivity contribution in [2.75, 3.05) is 4.90 Å². The molecule has 2 aromatic rings. The normalized spacial score (nSPS) is 15.8. The number of allylic oxidation sites excluding steroid dienone is 1. The number of aryl methyl sites for hydroxylation is 1. The van der Waals surface area contributed by atoms with E-state index in [0.717, 1.165) is 22.4 Å². The van der Waals surface area contributed by atoms with Crippen molar-refractivity contribution >= 4 is 27.2 Å². The zero-order chi connectivity index (χ0) is 23.2. The molecule has 0 unspecified atom stereocenters. The number of sulfone groups is 1. The quantitative estimate of drug-likeness (QED) is 0.594. The minimum absolute atomic E-state index is 0.105. The first kappa shape index (κ1) is 23.1. The van der Waals surface area contributed by atoms with E-state index in [1.165, 1.54) is 0 Å². The lowest BCUT2D eigenvalue weighted by Gasteiger charge is -2.41. The van der Waals surface area contributed by atoms with Gasteiger partial charge >= 0.3 is 6.09 Å². The third-order valence-corrected chi connectivity index (χ3v) is 6.89. The highest BCUT2D eigenvalue weighted by molar-refractivity contribution is 7.90. The van der Waals surface area contributed by atoms with Crippen molar-refractivity contribution in [2.24, 2.45) is 0 Å². The zero-order valence-electron chi connectivity index (χ0n) is 19.3. The highest BCUT2D eigenvalue weighted by Crippen LogP contribution is 2.40. The van der Waals surface area contributed by atoms with E-state index in [1.807, 2.05) is 66.7 Å². The van der Waals surface area contributed by atoms with Crippen LogP contribution in [0.3, 0.4) is 0 Å². The van der Waals surface area contributed by atoms with Gasteiger partial charge in [0.2, 0.25) is 0 Å². The lowest BCUT2D eigenvalue weighted by molar-refractivity contribution is 0.0556. The Balaban J connectivity index is 1.99. The van der Waals surface area contributed by atoms with Gasteiger partial charge in [-0.1, -0.05) is 29.8 Å². The summed E-state index contributed by atoms with van der Waals surface area (Å²) in [5.74, 6) is -0.105. The molecule has 0 aromatic heterocycles. The van der Waals surface area contributed by atoms with Crippen molar-refractivity contribution in [3.63, 3.8) is 0 Å². The number of hydrogen-bond donors (Lipinski definition) is 0. The number of anilines is 1. The fourth-order valence-electron chi connectivity index (χ4n) is 3.86. The van der Waals surface area contributed by atoms with Crippen molar-refractivity contribution in [2.45, 2.75) is 70.3 Å². The molecular formula is C25H31NO4S. The fraction of sp³-hybridized carbons (Fsp3) is 0.400. The van der Waals surface area contributed by atoms with Gasteiger partial charge in [-0.15, -0.1) is 0 Å². The van der Waals surface area contributed by atoms with Crippen molar-refractivity contribution in [3.05, 3.63) is 65.2 Å². The molecule has 0 bridgehead atoms. The van der Waals surface area contributed by atoms with Crippen molar-refractivity contribution < 1.29 is 17.9 Å². The van der Waals surface area contributed by atoms with Crippen molar-refractivity contribution in [1.82, 2.24) is 0 Å². The van der Waals surface area contributed by atoms with Gasteiger partial charge in [0, 0.05) is 5.56 Å². The number of nitrogens with zero attached hydrogens (tertiary/aromatic N) is 1. The molecule has 2 aromatic carbocycles. The van der Waals surface area contributed by atoms with E-state index in [1.54, 1.807) is 35.2 Å². The predicted molar refractivity (Wildman–Crippen MR) is 125 cm³/mol. The highest BCUT2D eigenvalue weighted by atomic mass is 32.2. The van der Waals surface area contributed by atoms with Gasteiger partial charge in [0.1, 0.15) is 5.60 Å². The number of carbonyl (C=O) groups excluding carboxylic acids is 1. The number of carbonyl (C=O) groups is 1. The van der Waals surface area contributed by atoms with Crippen LogP contribution in [0.4, 0.5) is 10.5 Å². The lowest BCUT2D eigenvalue weighted by atomic mass is 9.88. The van der Waals surface area contributed by atoms with Crippen LogP contribution in [0.1, 0.15) is 58.2 Å². The van der Waals surface area contributed by atoms with Gasteiger partial charge in [0.25, 0.3) is 0 Å². The molecule has 1 heterocycles. The van der Waals surface area contributed by atoms with Crippen LogP contribution < -0.4 is 4.90 Å². The Hall–Kier alpha value is -2.60. The van der Waals surface area contributed by atoms with Crippen LogP contribution in [0, 0.1) is 6.92 Å². The Morgan fingerprint density at radius 3 is 2.23 bits per heavy atom. The summed E-state index contributed by atoms with van der Waals surface area (Å²) in [6.07, 6.45) is 1.58. The van der Waals surface area contributed by atoms with Crippen LogP contribution in [0.15, 0.2) is 53.4 Å². The lowest BCUT2D eigenvalue weighted by Crippen LogP contribution is -2.50. The molecule has 0 fully saturated rings. The number of fused-ring (bicyclic) bond motifs is 1. The summed E-state index contributed by atoms with van der Waals surface area (Å²) in [6, 6.07) is 12.3. The molecule has 3 rings (SSSR count). The zero-order valence-corrected chi connectivity index (χ0v) is 20.1. The third-order valence-electron chi connectivity index (χ3n) is 5.19. The maximum atomic E-state index is 13.0. The van der Waals surface area contributed by atoms with E-state index in [2.05, 4.69) is 0 Å². The summed E-state index contributed by atoms with van der Waals surface area (Å²) in [5.41, 5.74) is 3.04. The third kappa shape index (κ3) is 5.01. The first-order valence-electron chi connectivity index (χ1n) is 10.3. The van der Waals surface area contributed by atoms with Gasteiger partial charge in [-0.25, -0.2) is 13.2 Å². The molecule has 0 N–H and O–H groups in total. The first-order chi connectivity index (χ1) is 14.2. The Bertz CT molecular complexity index is 1140. The van der Waals surface area contributed by atoms with E-state index < -0.39 is 27.1 Å². The average Bonchev–Trinajstić information content (AvgIpc) is 2.60. The van der Waals surface area contributed by atoms with E-state index in [9.17, 15) is 13.2 Å². The predicted octanol–water partition coefficient (Wildman–Crippen LogP) is 5.91. The van der Waals surface area contributed by atoms with Gasteiger partial charge in [0.05, 0.1) is 21.9 Å². The minimum atomic E-state index is -3.48. The maximum absolute atomic E-state index is 13.0.